The molecule has 0 bridgehead atoms. The van der Waals surface area contributed by atoms with Gasteiger partial charge in [0.05, 0.1) is 5.01 Å². The number of anilines is 1. The van der Waals surface area contributed by atoms with E-state index in [0.717, 1.165) is 24.2 Å². The zero-order valence-electron chi connectivity index (χ0n) is 13.2. The molecule has 0 aliphatic heterocycles. The third kappa shape index (κ3) is 6.31. The molecule has 0 saturated carbocycles. The number of rotatable bonds is 5. The highest BCUT2D eigenvalue weighted by atomic mass is 127. The molecule has 0 spiro atoms. The lowest BCUT2D eigenvalue weighted by molar-refractivity contribution is 0.823. The Morgan fingerprint density at radius 1 is 1.23 bits per heavy atom. The Morgan fingerprint density at radius 3 is 2.50 bits per heavy atom. The van der Waals surface area contributed by atoms with Crippen molar-refractivity contribution in [2.24, 2.45) is 10.7 Å². The zero-order chi connectivity index (χ0) is 15.2. The van der Waals surface area contributed by atoms with Crippen LogP contribution in [0, 0.1) is 20.8 Å². The van der Waals surface area contributed by atoms with Gasteiger partial charge in [-0.1, -0.05) is 6.07 Å². The van der Waals surface area contributed by atoms with Crippen molar-refractivity contribution in [3.05, 3.63) is 45.4 Å². The highest BCUT2D eigenvalue weighted by Gasteiger charge is 1.99. The lowest BCUT2D eigenvalue weighted by atomic mass is 10.1. The lowest BCUT2D eigenvalue weighted by Gasteiger charge is -2.07. The number of guanidine groups is 1. The van der Waals surface area contributed by atoms with Crippen molar-refractivity contribution < 1.29 is 0 Å². The summed E-state index contributed by atoms with van der Waals surface area (Å²) >= 11 is 1.71. The summed E-state index contributed by atoms with van der Waals surface area (Å²) in [6.07, 6.45) is 1.92. The average Bonchev–Trinajstić information content (AvgIpc) is 2.79. The Hall–Kier alpha value is -1.15. The van der Waals surface area contributed by atoms with E-state index < -0.39 is 0 Å². The summed E-state index contributed by atoms with van der Waals surface area (Å²) in [6, 6.07) is 6.26. The third-order valence-electron chi connectivity index (χ3n) is 2.99. The van der Waals surface area contributed by atoms with E-state index in [1.54, 1.807) is 11.3 Å². The quantitative estimate of drug-likeness (QED) is 0.326. The Balaban J connectivity index is 0.00000242. The van der Waals surface area contributed by atoms with Gasteiger partial charge in [0.2, 0.25) is 0 Å². The van der Waals surface area contributed by atoms with Crippen LogP contribution in [0.1, 0.15) is 28.2 Å². The van der Waals surface area contributed by atoms with Crippen LogP contribution in [0.3, 0.4) is 0 Å². The summed E-state index contributed by atoms with van der Waals surface area (Å²) in [6.45, 7) is 6.87. The lowest BCUT2D eigenvalue weighted by Crippen LogP contribution is -2.23. The maximum Gasteiger partial charge on any atom is 0.193 e. The summed E-state index contributed by atoms with van der Waals surface area (Å²) in [5, 5.41) is 6.39. The SMILES string of the molecule is Cc1cc(C)cc(NC(N)=NCCCc2nc(C)cs2)c1.I. The molecular weight excluding hydrogens is 407 g/mol. The van der Waals surface area contributed by atoms with Gasteiger partial charge < -0.3 is 11.1 Å². The first kappa shape index (κ1) is 18.9. The molecule has 0 saturated heterocycles. The first-order valence-corrected chi connectivity index (χ1v) is 7.97. The van der Waals surface area contributed by atoms with Gasteiger partial charge in [0.15, 0.2) is 5.96 Å². The Bertz CT molecular complexity index is 617. The number of aliphatic imine (C=N–C) groups is 1. The van der Waals surface area contributed by atoms with Gasteiger partial charge in [0.25, 0.3) is 0 Å². The van der Waals surface area contributed by atoms with Gasteiger partial charge in [-0.25, -0.2) is 4.98 Å². The molecule has 22 heavy (non-hydrogen) atoms. The van der Waals surface area contributed by atoms with E-state index >= 15 is 0 Å². The third-order valence-corrected chi connectivity index (χ3v) is 4.02. The van der Waals surface area contributed by atoms with Crippen molar-refractivity contribution in [2.75, 3.05) is 11.9 Å². The largest absolute Gasteiger partial charge is 0.370 e. The second kappa shape index (κ2) is 9.09. The smallest absolute Gasteiger partial charge is 0.193 e. The van der Waals surface area contributed by atoms with Gasteiger partial charge in [-0.2, -0.15) is 0 Å². The predicted octanol–water partition coefficient (Wildman–Crippen LogP) is 4.05. The van der Waals surface area contributed by atoms with Crippen LogP contribution in [-0.4, -0.2) is 17.5 Å². The van der Waals surface area contributed by atoms with E-state index in [1.165, 1.54) is 16.1 Å². The van der Waals surface area contributed by atoms with Crippen molar-refractivity contribution in [1.82, 2.24) is 4.98 Å². The van der Waals surface area contributed by atoms with Crippen molar-refractivity contribution in [2.45, 2.75) is 33.6 Å². The first-order valence-electron chi connectivity index (χ1n) is 7.09. The monoisotopic (exact) mass is 430 g/mol. The fraction of sp³-hybridized carbons (Fsp3) is 0.375. The molecule has 1 aromatic heterocycles. The zero-order valence-corrected chi connectivity index (χ0v) is 16.4. The Morgan fingerprint density at radius 2 is 1.91 bits per heavy atom. The molecule has 0 atom stereocenters. The number of hydrogen-bond acceptors (Lipinski definition) is 3. The van der Waals surface area contributed by atoms with Crippen LogP contribution in [0.25, 0.3) is 0 Å². The number of nitrogens with one attached hydrogen (secondary N) is 1. The van der Waals surface area contributed by atoms with Crippen LogP contribution >= 0.6 is 35.3 Å². The molecule has 6 heteroatoms. The van der Waals surface area contributed by atoms with Crippen LogP contribution < -0.4 is 11.1 Å². The average molecular weight is 430 g/mol. The van der Waals surface area contributed by atoms with Gasteiger partial charge in [0.1, 0.15) is 0 Å². The number of thiazole rings is 1. The minimum atomic E-state index is 0. The number of aromatic nitrogens is 1. The molecule has 0 radical (unpaired) electrons. The second-order valence-corrected chi connectivity index (χ2v) is 6.20. The van der Waals surface area contributed by atoms with Gasteiger partial charge in [-0.3, -0.25) is 4.99 Å². The molecule has 1 aromatic carbocycles. The summed E-state index contributed by atoms with van der Waals surface area (Å²) in [5.41, 5.74) is 10.4. The predicted molar refractivity (Wildman–Crippen MR) is 107 cm³/mol. The normalized spacial score (nSPS) is 11.1. The molecule has 3 N–H and O–H groups in total. The number of nitrogens with zero attached hydrogens (tertiary/aromatic N) is 2. The fourth-order valence-corrected chi connectivity index (χ4v) is 3.00. The maximum absolute atomic E-state index is 5.92. The van der Waals surface area contributed by atoms with Gasteiger partial charge in [-0.05, 0) is 50.5 Å². The molecule has 120 valence electrons. The Labute approximate surface area is 153 Å². The minimum absolute atomic E-state index is 0. The Kier molecular flexibility index (Phi) is 7.81. The van der Waals surface area contributed by atoms with E-state index in [0.29, 0.717) is 12.5 Å². The number of nitrogens with two attached hydrogens (primary N) is 1. The van der Waals surface area contributed by atoms with Gasteiger partial charge in [-0.15, -0.1) is 35.3 Å². The number of aryl methyl sites for hydroxylation is 4. The molecule has 0 unspecified atom stereocenters. The molecular formula is C16H23IN4S. The number of hydrogen-bond donors (Lipinski definition) is 2. The van der Waals surface area contributed by atoms with E-state index in [-0.39, 0.29) is 24.0 Å². The van der Waals surface area contributed by atoms with Gasteiger partial charge in [0, 0.05) is 29.7 Å². The number of benzene rings is 1. The topological polar surface area (TPSA) is 63.3 Å². The molecule has 0 fully saturated rings. The van der Waals surface area contributed by atoms with E-state index in [4.69, 9.17) is 5.73 Å². The fourth-order valence-electron chi connectivity index (χ4n) is 2.18. The summed E-state index contributed by atoms with van der Waals surface area (Å²) in [5.74, 6) is 0.468. The molecule has 1 heterocycles. The standard InChI is InChI=1S/C16H22N4S.HI/c1-11-7-12(2)9-14(8-11)20-16(17)18-6-4-5-15-19-13(3)10-21-15;/h7-10H,4-6H2,1-3H3,(H3,17,18,20);1H. The second-order valence-electron chi connectivity index (χ2n) is 5.25. The van der Waals surface area contributed by atoms with Crippen molar-refractivity contribution >= 4 is 47.0 Å². The highest BCUT2D eigenvalue weighted by Crippen LogP contribution is 2.13. The summed E-state index contributed by atoms with van der Waals surface area (Å²) in [7, 11) is 0. The van der Waals surface area contributed by atoms with E-state index in [2.05, 4.69) is 52.7 Å². The molecule has 2 rings (SSSR count). The van der Waals surface area contributed by atoms with E-state index in [9.17, 15) is 0 Å². The molecule has 0 aliphatic carbocycles. The first-order chi connectivity index (χ1) is 10.0. The molecule has 4 nitrogen and oxygen atoms in total. The molecule has 2 aromatic rings. The number of halogens is 1. The van der Waals surface area contributed by atoms with Gasteiger partial charge >= 0.3 is 0 Å². The van der Waals surface area contributed by atoms with Crippen molar-refractivity contribution in [1.29, 1.82) is 0 Å². The summed E-state index contributed by atoms with van der Waals surface area (Å²) < 4.78 is 0. The van der Waals surface area contributed by atoms with E-state index in [1.807, 2.05) is 6.92 Å². The molecule has 0 amide bonds. The minimum Gasteiger partial charge on any atom is -0.370 e. The van der Waals surface area contributed by atoms with Crippen LogP contribution in [-0.2, 0) is 6.42 Å². The highest BCUT2D eigenvalue weighted by molar-refractivity contribution is 14.0. The van der Waals surface area contributed by atoms with Crippen LogP contribution in [0.15, 0.2) is 28.6 Å². The van der Waals surface area contributed by atoms with Crippen LogP contribution in [0.2, 0.25) is 0 Å². The maximum atomic E-state index is 5.92. The molecule has 0 aliphatic rings. The van der Waals surface area contributed by atoms with Crippen LogP contribution in [0.4, 0.5) is 5.69 Å². The van der Waals surface area contributed by atoms with Crippen LogP contribution in [0.5, 0.6) is 0 Å². The summed E-state index contributed by atoms with van der Waals surface area (Å²) in [4.78, 5) is 8.80. The van der Waals surface area contributed by atoms with Crippen molar-refractivity contribution in [3.8, 4) is 0 Å². The van der Waals surface area contributed by atoms with Crippen molar-refractivity contribution in [3.63, 3.8) is 0 Å².